The van der Waals surface area contributed by atoms with Gasteiger partial charge in [0.2, 0.25) is 10.0 Å². The molecule has 10 heteroatoms. The first-order valence-corrected chi connectivity index (χ1v) is 9.64. The molecule has 0 radical (unpaired) electrons. The fraction of sp³-hybridized carbons (Fsp3) is 0.600. The molecule has 0 aromatic carbocycles. The van der Waals surface area contributed by atoms with Crippen LogP contribution < -0.4 is 5.14 Å². The van der Waals surface area contributed by atoms with Crippen molar-refractivity contribution in [3.05, 3.63) is 11.6 Å². The minimum absolute atomic E-state index is 0.0655. The van der Waals surface area contributed by atoms with Gasteiger partial charge in [-0.15, -0.1) is 11.3 Å². The van der Waals surface area contributed by atoms with Crippen molar-refractivity contribution in [3.8, 4) is 0 Å². The molecule has 7 nitrogen and oxygen atoms in total. The average molecular weight is 340 g/mol. The van der Waals surface area contributed by atoms with E-state index < -0.39 is 20.0 Å². The zero-order valence-corrected chi connectivity index (χ0v) is 13.5. The summed E-state index contributed by atoms with van der Waals surface area (Å²) in [4.78, 5) is 0. The summed E-state index contributed by atoms with van der Waals surface area (Å²) >= 11 is 0.705. The van der Waals surface area contributed by atoms with Crippen molar-refractivity contribution in [3.63, 3.8) is 0 Å². The minimum Gasteiger partial charge on any atom is -0.383 e. The van der Waals surface area contributed by atoms with Crippen LogP contribution in [0.15, 0.2) is 14.5 Å². The van der Waals surface area contributed by atoms with E-state index in [-0.39, 0.29) is 27.6 Å². The molecule has 2 heterocycles. The molecule has 0 spiro atoms. The maximum Gasteiger partial charge on any atom is 0.253 e. The number of hydrogen-bond donors (Lipinski definition) is 1. The number of hydrogen-bond acceptors (Lipinski definition) is 6. The van der Waals surface area contributed by atoms with Crippen molar-refractivity contribution in [2.45, 2.75) is 27.8 Å². The van der Waals surface area contributed by atoms with E-state index >= 15 is 0 Å². The number of primary sulfonamides is 1. The van der Waals surface area contributed by atoms with Crippen LogP contribution in [-0.4, -0.2) is 47.4 Å². The van der Waals surface area contributed by atoms with Gasteiger partial charge in [-0.2, -0.15) is 4.31 Å². The lowest BCUT2D eigenvalue weighted by Gasteiger charge is -2.31. The van der Waals surface area contributed by atoms with Crippen LogP contribution in [0, 0.1) is 0 Å². The highest BCUT2D eigenvalue weighted by atomic mass is 32.3. The highest BCUT2D eigenvalue weighted by molar-refractivity contribution is 7.94. The molecule has 1 atom stereocenters. The lowest BCUT2D eigenvalue weighted by Crippen LogP contribution is -2.44. The van der Waals surface area contributed by atoms with Gasteiger partial charge < -0.3 is 4.74 Å². The molecule has 1 unspecified atom stereocenters. The van der Waals surface area contributed by atoms with E-state index in [0.29, 0.717) is 23.3 Å². The largest absolute Gasteiger partial charge is 0.383 e. The number of rotatable bonds is 4. The standard InChI is InChI=1S/C10H16N2O5S3/c1-7-5-8-6-9(19(11,13)14)18-10(8)20(15,16)12(7)3-4-17-2/h6-7H,3-5H2,1-2H3,(H2,11,13,14). The smallest absolute Gasteiger partial charge is 0.253 e. The van der Waals surface area contributed by atoms with E-state index in [2.05, 4.69) is 0 Å². The Bertz CT molecular complexity index is 707. The van der Waals surface area contributed by atoms with Gasteiger partial charge in [-0.1, -0.05) is 0 Å². The van der Waals surface area contributed by atoms with Gasteiger partial charge in [-0.05, 0) is 25.0 Å². The first-order valence-electron chi connectivity index (χ1n) is 5.84. The summed E-state index contributed by atoms with van der Waals surface area (Å²) in [6, 6.07) is 1.11. The van der Waals surface area contributed by atoms with Crippen LogP contribution in [0.5, 0.6) is 0 Å². The van der Waals surface area contributed by atoms with E-state index in [9.17, 15) is 16.8 Å². The highest BCUT2D eigenvalue weighted by Crippen LogP contribution is 2.37. The predicted molar refractivity (Wildman–Crippen MR) is 74.6 cm³/mol. The minimum atomic E-state index is -3.89. The summed E-state index contributed by atoms with van der Waals surface area (Å²) in [7, 11) is -6.08. The van der Waals surface area contributed by atoms with Crippen LogP contribution in [-0.2, 0) is 31.2 Å². The number of methoxy groups -OCH3 is 1. The first-order chi connectivity index (χ1) is 9.17. The van der Waals surface area contributed by atoms with Crippen molar-refractivity contribution in [1.82, 2.24) is 4.31 Å². The molecule has 0 saturated carbocycles. The average Bonchev–Trinajstić information content (AvgIpc) is 2.73. The molecule has 114 valence electrons. The molecule has 0 saturated heterocycles. The molecular formula is C10H16N2O5S3. The zero-order valence-electron chi connectivity index (χ0n) is 11.1. The van der Waals surface area contributed by atoms with Crippen LogP contribution in [0.4, 0.5) is 0 Å². The fourth-order valence-electron chi connectivity index (χ4n) is 2.17. The second-order valence-electron chi connectivity index (χ2n) is 4.58. The Morgan fingerprint density at radius 3 is 2.75 bits per heavy atom. The van der Waals surface area contributed by atoms with Crippen molar-refractivity contribution in [2.24, 2.45) is 5.14 Å². The van der Waals surface area contributed by atoms with Crippen LogP contribution in [0.1, 0.15) is 12.5 Å². The molecule has 0 bridgehead atoms. The van der Waals surface area contributed by atoms with Crippen LogP contribution in [0.3, 0.4) is 0 Å². The summed E-state index contributed by atoms with van der Waals surface area (Å²) < 4.78 is 53.9. The number of nitrogens with zero attached hydrogens (tertiary/aromatic N) is 1. The summed E-state index contributed by atoms with van der Waals surface area (Å²) in [5.41, 5.74) is 0.514. The number of thiophene rings is 1. The molecule has 20 heavy (non-hydrogen) atoms. The summed E-state index contributed by atoms with van der Waals surface area (Å²) in [5.74, 6) is 0. The van der Waals surface area contributed by atoms with Crippen molar-refractivity contribution < 1.29 is 21.6 Å². The monoisotopic (exact) mass is 340 g/mol. The van der Waals surface area contributed by atoms with Gasteiger partial charge in [0.25, 0.3) is 10.0 Å². The second kappa shape index (κ2) is 5.35. The molecular weight excluding hydrogens is 324 g/mol. The number of nitrogens with two attached hydrogens (primary N) is 1. The molecule has 1 aliphatic heterocycles. The Morgan fingerprint density at radius 2 is 2.20 bits per heavy atom. The van der Waals surface area contributed by atoms with E-state index in [4.69, 9.17) is 9.88 Å². The Balaban J connectivity index is 2.49. The molecule has 0 fully saturated rings. The lowest BCUT2D eigenvalue weighted by molar-refractivity contribution is 0.166. The molecule has 1 aromatic heterocycles. The van der Waals surface area contributed by atoms with Crippen molar-refractivity contribution in [1.29, 1.82) is 0 Å². The molecule has 1 aliphatic rings. The van der Waals surface area contributed by atoms with Crippen LogP contribution in [0.25, 0.3) is 0 Å². The van der Waals surface area contributed by atoms with E-state index in [1.54, 1.807) is 6.92 Å². The fourth-order valence-corrected chi connectivity index (χ4v) is 6.54. The quantitative estimate of drug-likeness (QED) is 0.829. The molecule has 0 aliphatic carbocycles. The first kappa shape index (κ1) is 15.9. The molecule has 1 aromatic rings. The van der Waals surface area contributed by atoms with Gasteiger partial charge in [-0.3, -0.25) is 0 Å². The van der Waals surface area contributed by atoms with Gasteiger partial charge >= 0.3 is 0 Å². The second-order valence-corrected chi connectivity index (χ2v) is 9.51. The summed E-state index contributed by atoms with van der Waals surface area (Å²) in [6.07, 6.45) is 0.463. The number of sulfonamides is 2. The van der Waals surface area contributed by atoms with Gasteiger partial charge in [0, 0.05) is 19.7 Å². The summed E-state index contributed by atoms with van der Waals surface area (Å²) in [6.45, 7) is 2.30. The topological polar surface area (TPSA) is 107 Å². The van der Waals surface area contributed by atoms with Gasteiger partial charge in [0.1, 0.15) is 8.42 Å². The van der Waals surface area contributed by atoms with E-state index in [1.807, 2.05) is 0 Å². The lowest BCUT2D eigenvalue weighted by atomic mass is 10.1. The third-order valence-electron chi connectivity index (χ3n) is 3.09. The predicted octanol–water partition coefficient (Wildman–Crippen LogP) is -0.0228. The van der Waals surface area contributed by atoms with Crippen LogP contribution >= 0.6 is 11.3 Å². The van der Waals surface area contributed by atoms with E-state index in [1.165, 1.54) is 17.5 Å². The Hall–Kier alpha value is -0.520. The van der Waals surface area contributed by atoms with Gasteiger partial charge in [-0.25, -0.2) is 22.0 Å². The number of ether oxygens (including phenoxy) is 1. The Labute approximate surface area is 122 Å². The third kappa shape index (κ3) is 2.76. The number of fused-ring (bicyclic) bond motifs is 1. The maximum atomic E-state index is 12.5. The van der Waals surface area contributed by atoms with Gasteiger partial charge in [0.05, 0.1) is 6.61 Å². The Morgan fingerprint density at radius 1 is 1.55 bits per heavy atom. The maximum absolute atomic E-state index is 12.5. The molecule has 0 amide bonds. The molecule has 2 rings (SSSR count). The van der Waals surface area contributed by atoms with E-state index in [0.717, 1.165) is 0 Å². The summed E-state index contributed by atoms with van der Waals surface area (Å²) in [5, 5.41) is 5.06. The Kier molecular flexibility index (Phi) is 4.24. The SMILES string of the molecule is COCCN1C(C)Cc2cc(S(N)(=O)=O)sc2S1(=O)=O. The normalized spacial score (nSPS) is 22.6. The van der Waals surface area contributed by atoms with Crippen molar-refractivity contribution in [2.75, 3.05) is 20.3 Å². The van der Waals surface area contributed by atoms with Gasteiger partial charge in [0.15, 0.2) is 0 Å². The molecule has 2 N–H and O–H groups in total. The van der Waals surface area contributed by atoms with Crippen LogP contribution in [0.2, 0.25) is 0 Å². The van der Waals surface area contributed by atoms with Crippen molar-refractivity contribution >= 4 is 31.4 Å². The highest BCUT2D eigenvalue weighted by Gasteiger charge is 2.38. The third-order valence-corrected chi connectivity index (χ3v) is 8.26. The zero-order chi connectivity index (χ0) is 15.1.